The predicted octanol–water partition coefficient (Wildman–Crippen LogP) is 4.02. The van der Waals surface area contributed by atoms with Crippen molar-refractivity contribution in [2.45, 2.75) is 69.6 Å². The molecule has 1 saturated heterocycles. The maximum absolute atomic E-state index is 15.5. The van der Waals surface area contributed by atoms with E-state index in [0.29, 0.717) is 31.7 Å². The summed E-state index contributed by atoms with van der Waals surface area (Å²) in [7, 11) is 3.19. The van der Waals surface area contributed by atoms with Crippen LogP contribution in [0.2, 0.25) is 0 Å². The molecule has 17 heteroatoms. The normalized spacial score (nSPS) is 19.8. The molecule has 280 valence electrons. The van der Waals surface area contributed by atoms with Crippen LogP contribution in [0.25, 0.3) is 0 Å². The monoisotopic (exact) mass is 728 g/mol. The molecule has 1 aromatic carbocycles. The van der Waals surface area contributed by atoms with Crippen molar-refractivity contribution in [3.05, 3.63) is 53.5 Å². The molecule has 2 heterocycles. The summed E-state index contributed by atoms with van der Waals surface area (Å²) in [6.45, 7) is 3.81. The number of nitrogens with zero attached hydrogens (tertiary/aromatic N) is 3. The summed E-state index contributed by atoms with van der Waals surface area (Å²) >= 11 is 0. The molecule has 1 aliphatic carbocycles. The van der Waals surface area contributed by atoms with Gasteiger partial charge in [0.1, 0.15) is 17.9 Å². The third kappa shape index (κ3) is 10.1. The zero-order valence-corrected chi connectivity index (χ0v) is 28.5. The number of alkyl halides is 5. The number of likely N-dealkylation sites (N-methyl/N-ethyl adjacent to an activating group) is 1. The number of carbonyl (C=O) groups is 4. The fraction of sp³-hybridized carbons (Fsp3) is 0.559. The molecule has 0 radical (unpaired) electrons. The van der Waals surface area contributed by atoms with E-state index in [2.05, 4.69) is 20.5 Å². The highest BCUT2D eigenvalue weighted by atomic mass is 19.4. The highest BCUT2D eigenvalue weighted by Gasteiger charge is 2.47. The van der Waals surface area contributed by atoms with Gasteiger partial charge in [-0.2, -0.15) is 22.0 Å². The maximum Gasteiger partial charge on any atom is 0.391 e. The Morgan fingerprint density at radius 2 is 1.63 bits per heavy atom. The van der Waals surface area contributed by atoms with Crippen LogP contribution in [0, 0.1) is 17.7 Å². The number of amides is 4. The van der Waals surface area contributed by atoms with E-state index < -0.39 is 77.7 Å². The molecule has 1 aliphatic heterocycles. The third-order valence-corrected chi connectivity index (χ3v) is 9.37. The first-order chi connectivity index (χ1) is 24.0. The largest absolute Gasteiger partial charge is 0.481 e. The molecule has 2 aliphatic rings. The van der Waals surface area contributed by atoms with Gasteiger partial charge in [-0.15, -0.1) is 0 Å². The number of piperazine rings is 1. The van der Waals surface area contributed by atoms with E-state index in [-0.39, 0.29) is 43.4 Å². The second-order valence-corrected chi connectivity index (χ2v) is 12.9. The lowest BCUT2D eigenvalue weighted by Gasteiger charge is -2.35. The summed E-state index contributed by atoms with van der Waals surface area (Å²) in [4.78, 5) is 59.4. The SMILES string of the molecule is CCC(=O)N[C@H](Cc1ccc(NC(=O)[C@@H](NC(=O)C(F)(F)c2ccc(OC)nc2)C2CCC(C(F)(F)F)CC2)c(F)c1)C(=O)N1CCN(C)CC1. The summed E-state index contributed by atoms with van der Waals surface area (Å²) in [6, 6.07) is 2.92. The molecular formula is C34H42F6N6O5. The van der Waals surface area contributed by atoms with Gasteiger partial charge in [0, 0.05) is 56.8 Å². The van der Waals surface area contributed by atoms with E-state index in [9.17, 15) is 32.3 Å². The summed E-state index contributed by atoms with van der Waals surface area (Å²) in [5, 5.41) is 6.98. The first kappa shape index (κ1) is 39.4. The van der Waals surface area contributed by atoms with Gasteiger partial charge >= 0.3 is 12.1 Å². The molecule has 11 nitrogen and oxygen atoms in total. The molecule has 1 aromatic heterocycles. The van der Waals surface area contributed by atoms with Crippen molar-refractivity contribution in [2.24, 2.45) is 11.8 Å². The van der Waals surface area contributed by atoms with Crippen molar-refractivity contribution >= 4 is 29.3 Å². The molecule has 0 spiro atoms. The van der Waals surface area contributed by atoms with Crippen LogP contribution in [0.1, 0.15) is 50.2 Å². The minimum Gasteiger partial charge on any atom is -0.481 e. The van der Waals surface area contributed by atoms with E-state index in [4.69, 9.17) is 4.74 Å². The van der Waals surface area contributed by atoms with Crippen molar-refractivity contribution in [2.75, 3.05) is 45.7 Å². The lowest BCUT2D eigenvalue weighted by Crippen LogP contribution is -2.54. The molecule has 2 aromatic rings. The Morgan fingerprint density at radius 3 is 2.18 bits per heavy atom. The number of nitrogens with one attached hydrogen (secondary N) is 3. The fourth-order valence-electron chi connectivity index (χ4n) is 6.20. The van der Waals surface area contributed by atoms with Gasteiger partial charge in [-0.1, -0.05) is 13.0 Å². The predicted molar refractivity (Wildman–Crippen MR) is 173 cm³/mol. The maximum atomic E-state index is 15.5. The van der Waals surface area contributed by atoms with Crippen molar-refractivity contribution in [3.8, 4) is 5.88 Å². The van der Waals surface area contributed by atoms with Crippen LogP contribution >= 0.6 is 0 Å². The molecule has 1 saturated carbocycles. The standard InChI is InChI=1S/C34H42F6N6O5/c1-4-27(47)42-26(31(49)46-15-13-45(2)14-16-46)18-20-5-11-25(24(35)17-20)43-30(48)29(21-6-8-22(9-7-21)34(38,39)40)44-32(50)33(36,37)23-10-12-28(51-3)41-19-23/h5,10-12,17,19,21-22,26,29H,4,6-9,13-16,18H2,1-3H3,(H,42,47)(H,43,48)(H,44,50)/t21?,22?,26-,29+/m1/s1. The number of methoxy groups -OCH3 is 1. The average molecular weight is 729 g/mol. The number of pyridine rings is 1. The zero-order chi connectivity index (χ0) is 37.5. The Labute approximate surface area is 291 Å². The van der Waals surface area contributed by atoms with Gasteiger partial charge < -0.3 is 30.5 Å². The highest BCUT2D eigenvalue weighted by Crippen LogP contribution is 2.41. The van der Waals surface area contributed by atoms with Gasteiger partial charge in [-0.3, -0.25) is 19.2 Å². The van der Waals surface area contributed by atoms with Gasteiger partial charge in [0.2, 0.25) is 23.6 Å². The van der Waals surface area contributed by atoms with Gasteiger partial charge in [0.25, 0.3) is 5.91 Å². The first-order valence-corrected chi connectivity index (χ1v) is 16.6. The molecule has 51 heavy (non-hydrogen) atoms. The van der Waals surface area contributed by atoms with E-state index in [1.807, 2.05) is 12.4 Å². The average Bonchev–Trinajstić information content (AvgIpc) is 3.10. The number of hydrogen-bond donors (Lipinski definition) is 3. The van der Waals surface area contributed by atoms with Crippen LogP contribution in [-0.4, -0.2) is 97.0 Å². The lowest BCUT2D eigenvalue weighted by atomic mass is 9.77. The smallest absolute Gasteiger partial charge is 0.391 e. The minimum atomic E-state index is -4.49. The zero-order valence-electron chi connectivity index (χ0n) is 28.5. The van der Waals surface area contributed by atoms with Gasteiger partial charge in [0.05, 0.1) is 18.7 Å². The summed E-state index contributed by atoms with van der Waals surface area (Å²) in [5.41, 5.74) is -0.906. The number of anilines is 1. The van der Waals surface area contributed by atoms with Crippen molar-refractivity contribution < 1.29 is 50.3 Å². The topological polar surface area (TPSA) is 133 Å². The molecule has 0 bridgehead atoms. The van der Waals surface area contributed by atoms with Crippen LogP contribution in [0.5, 0.6) is 5.88 Å². The molecule has 4 amide bonds. The van der Waals surface area contributed by atoms with E-state index in [0.717, 1.165) is 24.4 Å². The van der Waals surface area contributed by atoms with Crippen molar-refractivity contribution in [1.82, 2.24) is 25.4 Å². The summed E-state index contributed by atoms with van der Waals surface area (Å²) in [6.07, 6.45) is -4.94. The summed E-state index contributed by atoms with van der Waals surface area (Å²) in [5.74, 6) is -11.5. The van der Waals surface area contributed by atoms with Crippen LogP contribution in [-0.2, 0) is 31.5 Å². The van der Waals surface area contributed by atoms with E-state index in [1.54, 1.807) is 11.8 Å². The number of ether oxygens (including phenoxy) is 1. The van der Waals surface area contributed by atoms with Crippen molar-refractivity contribution in [1.29, 1.82) is 0 Å². The summed E-state index contributed by atoms with van der Waals surface area (Å²) < 4.78 is 90.9. The van der Waals surface area contributed by atoms with Gasteiger partial charge in [-0.05, 0) is 62.4 Å². The van der Waals surface area contributed by atoms with Crippen molar-refractivity contribution in [3.63, 3.8) is 0 Å². The first-order valence-electron chi connectivity index (χ1n) is 16.6. The van der Waals surface area contributed by atoms with E-state index in [1.165, 1.54) is 19.2 Å². The number of rotatable bonds is 12. The number of carbonyl (C=O) groups excluding carboxylic acids is 4. The van der Waals surface area contributed by atoms with Crippen LogP contribution in [0.4, 0.5) is 32.0 Å². The molecule has 4 rings (SSSR count). The Kier molecular flexibility index (Phi) is 12.9. The van der Waals surface area contributed by atoms with Crippen LogP contribution < -0.4 is 20.7 Å². The van der Waals surface area contributed by atoms with Crippen LogP contribution in [0.3, 0.4) is 0 Å². The number of halogens is 6. The molecule has 2 atom stereocenters. The lowest BCUT2D eigenvalue weighted by molar-refractivity contribution is -0.184. The Balaban J connectivity index is 1.52. The number of benzene rings is 1. The van der Waals surface area contributed by atoms with Crippen LogP contribution in [0.15, 0.2) is 36.5 Å². The molecular weight excluding hydrogens is 686 g/mol. The number of hydrogen-bond acceptors (Lipinski definition) is 7. The number of aromatic nitrogens is 1. The Hall–Kier alpha value is -4.41. The third-order valence-electron chi connectivity index (χ3n) is 9.37. The Bertz CT molecular complexity index is 1540. The highest BCUT2D eigenvalue weighted by molar-refractivity contribution is 5.98. The fourth-order valence-corrected chi connectivity index (χ4v) is 6.20. The van der Waals surface area contributed by atoms with E-state index >= 15 is 13.2 Å². The molecule has 2 fully saturated rings. The Morgan fingerprint density at radius 1 is 0.961 bits per heavy atom. The second-order valence-electron chi connectivity index (χ2n) is 12.9. The molecule has 0 unspecified atom stereocenters. The quantitative estimate of drug-likeness (QED) is 0.282. The van der Waals surface area contributed by atoms with Gasteiger partial charge in [-0.25, -0.2) is 9.37 Å². The molecule has 3 N–H and O–H groups in total. The van der Waals surface area contributed by atoms with Gasteiger partial charge in [0.15, 0.2) is 0 Å². The minimum absolute atomic E-state index is 0.00421. The second kappa shape index (κ2) is 16.7.